The van der Waals surface area contributed by atoms with Crippen molar-refractivity contribution in [3.63, 3.8) is 0 Å². The van der Waals surface area contributed by atoms with Gasteiger partial charge in [0.25, 0.3) is 0 Å². The molecule has 96 valence electrons. The van der Waals surface area contributed by atoms with Gasteiger partial charge in [-0.1, -0.05) is 22.0 Å². The molecule has 0 fully saturated rings. The number of hydrogen-bond donors (Lipinski definition) is 0. The lowest BCUT2D eigenvalue weighted by atomic mass is 10.1. The normalized spacial score (nSPS) is 11.8. The molecule has 18 heavy (non-hydrogen) atoms. The molecule has 0 unspecified atom stereocenters. The number of hydrogen-bond acceptors (Lipinski definition) is 1. The highest BCUT2D eigenvalue weighted by molar-refractivity contribution is 9.08. The molecule has 0 aliphatic rings. The SMILES string of the molecule is Cc1cnn(-c2ccc(CBr)c(C(F)(F)F)c2)c1. The van der Waals surface area contributed by atoms with E-state index in [9.17, 15) is 13.2 Å². The van der Waals surface area contributed by atoms with Gasteiger partial charge in [-0.3, -0.25) is 0 Å². The van der Waals surface area contributed by atoms with Crippen LogP contribution in [0.15, 0.2) is 30.6 Å². The Morgan fingerprint density at radius 3 is 2.56 bits per heavy atom. The Bertz CT molecular complexity index is 561. The first-order valence-corrected chi connectivity index (χ1v) is 6.31. The maximum absolute atomic E-state index is 12.9. The summed E-state index contributed by atoms with van der Waals surface area (Å²) in [6.07, 6.45) is -1.07. The summed E-state index contributed by atoms with van der Waals surface area (Å²) in [7, 11) is 0. The molecule has 0 aliphatic heterocycles. The van der Waals surface area contributed by atoms with Crippen LogP contribution < -0.4 is 0 Å². The number of alkyl halides is 4. The summed E-state index contributed by atoms with van der Waals surface area (Å²) in [6.45, 7) is 1.83. The summed E-state index contributed by atoms with van der Waals surface area (Å²) in [6, 6.07) is 4.20. The van der Waals surface area contributed by atoms with Gasteiger partial charge in [0.2, 0.25) is 0 Å². The molecule has 2 nitrogen and oxygen atoms in total. The molecule has 1 heterocycles. The Labute approximate surface area is 111 Å². The second-order valence-electron chi connectivity index (χ2n) is 3.94. The van der Waals surface area contributed by atoms with Crippen molar-refractivity contribution in [2.45, 2.75) is 18.4 Å². The molecule has 0 saturated heterocycles. The van der Waals surface area contributed by atoms with Crippen LogP contribution in [0.25, 0.3) is 5.69 Å². The van der Waals surface area contributed by atoms with Crippen LogP contribution in [-0.4, -0.2) is 9.78 Å². The van der Waals surface area contributed by atoms with E-state index in [1.807, 2.05) is 6.92 Å². The first kappa shape index (κ1) is 13.1. The number of benzene rings is 1. The lowest BCUT2D eigenvalue weighted by Gasteiger charge is -2.13. The van der Waals surface area contributed by atoms with Gasteiger partial charge in [0.15, 0.2) is 0 Å². The van der Waals surface area contributed by atoms with Gasteiger partial charge in [0.05, 0.1) is 17.4 Å². The van der Waals surface area contributed by atoms with E-state index in [1.54, 1.807) is 18.5 Å². The van der Waals surface area contributed by atoms with E-state index in [0.717, 1.165) is 11.6 Å². The van der Waals surface area contributed by atoms with Gasteiger partial charge >= 0.3 is 6.18 Å². The summed E-state index contributed by atoms with van der Waals surface area (Å²) < 4.78 is 40.1. The maximum atomic E-state index is 12.9. The molecular weight excluding hydrogens is 309 g/mol. The Morgan fingerprint density at radius 2 is 2.06 bits per heavy atom. The minimum atomic E-state index is -4.36. The zero-order chi connectivity index (χ0) is 13.3. The van der Waals surface area contributed by atoms with Crippen LogP contribution in [0.2, 0.25) is 0 Å². The van der Waals surface area contributed by atoms with Gasteiger partial charge in [-0.2, -0.15) is 18.3 Å². The molecule has 2 rings (SSSR count). The van der Waals surface area contributed by atoms with Gasteiger partial charge in [-0.15, -0.1) is 0 Å². The van der Waals surface area contributed by atoms with E-state index in [-0.39, 0.29) is 10.9 Å². The van der Waals surface area contributed by atoms with Crippen LogP contribution in [0.1, 0.15) is 16.7 Å². The first-order valence-electron chi connectivity index (χ1n) is 5.19. The quantitative estimate of drug-likeness (QED) is 0.762. The first-order chi connectivity index (χ1) is 8.41. The lowest BCUT2D eigenvalue weighted by Crippen LogP contribution is -2.10. The van der Waals surface area contributed by atoms with Gasteiger partial charge in [-0.05, 0) is 30.2 Å². The van der Waals surface area contributed by atoms with Crippen molar-refractivity contribution < 1.29 is 13.2 Å². The molecule has 0 saturated carbocycles. The van der Waals surface area contributed by atoms with E-state index >= 15 is 0 Å². The van der Waals surface area contributed by atoms with E-state index in [2.05, 4.69) is 21.0 Å². The van der Waals surface area contributed by atoms with Crippen molar-refractivity contribution in [3.05, 3.63) is 47.3 Å². The third kappa shape index (κ3) is 2.58. The van der Waals surface area contributed by atoms with E-state index in [1.165, 1.54) is 10.7 Å². The van der Waals surface area contributed by atoms with Crippen molar-refractivity contribution >= 4 is 15.9 Å². The van der Waals surface area contributed by atoms with E-state index in [0.29, 0.717) is 5.69 Å². The molecule has 1 aromatic heterocycles. The van der Waals surface area contributed by atoms with E-state index < -0.39 is 11.7 Å². The standard InChI is InChI=1S/C12H10BrF3N2/c1-8-6-17-18(7-8)10-3-2-9(5-13)11(4-10)12(14,15)16/h2-4,6-7H,5H2,1H3. The maximum Gasteiger partial charge on any atom is 0.416 e. The van der Waals surface area contributed by atoms with Crippen LogP contribution in [-0.2, 0) is 11.5 Å². The summed E-state index contributed by atoms with van der Waals surface area (Å²) in [5, 5.41) is 4.17. The highest BCUT2D eigenvalue weighted by Crippen LogP contribution is 2.34. The van der Waals surface area contributed by atoms with Crippen molar-refractivity contribution in [1.29, 1.82) is 0 Å². The van der Waals surface area contributed by atoms with Crippen LogP contribution in [0.3, 0.4) is 0 Å². The topological polar surface area (TPSA) is 17.8 Å². The third-order valence-electron chi connectivity index (χ3n) is 2.52. The minimum absolute atomic E-state index is 0.167. The molecular formula is C12H10BrF3N2. The van der Waals surface area contributed by atoms with Crippen LogP contribution in [0.4, 0.5) is 13.2 Å². The summed E-state index contributed by atoms with van der Waals surface area (Å²) in [4.78, 5) is 0. The van der Waals surface area contributed by atoms with Gasteiger partial charge in [-0.25, -0.2) is 4.68 Å². The Kier molecular flexibility index (Phi) is 3.47. The Hall–Kier alpha value is -1.30. The fraction of sp³-hybridized carbons (Fsp3) is 0.250. The molecule has 0 amide bonds. The van der Waals surface area contributed by atoms with Crippen molar-refractivity contribution in [2.24, 2.45) is 0 Å². The van der Waals surface area contributed by atoms with Crippen molar-refractivity contribution in [2.75, 3.05) is 0 Å². The largest absolute Gasteiger partial charge is 0.416 e. The zero-order valence-corrected chi connectivity index (χ0v) is 11.1. The predicted octanol–water partition coefficient (Wildman–Crippen LogP) is 4.09. The van der Waals surface area contributed by atoms with Gasteiger partial charge < -0.3 is 0 Å². The zero-order valence-electron chi connectivity index (χ0n) is 9.50. The van der Waals surface area contributed by atoms with Crippen molar-refractivity contribution in [3.8, 4) is 5.69 Å². The molecule has 0 aliphatic carbocycles. The molecule has 2 aromatic rings. The molecule has 0 radical (unpaired) electrons. The number of nitrogens with zero attached hydrogens (tertiary/aromatic N) is 2. The Morgan fingerprint density at radius 1 is 1.33 bits per heavy atom. The number of rotatable bonds is 2. The smallest absolute Gasteiger partial charge is 0.241 e. The van der Waals surface area contributed by atoms with Gasteiger partial charge in [0.1, 0.15) is 0 Å². The fourth-order valence-corrected chi connectivity index (χ4v) is 2.13. The molecule has 6 heteroatoms. The summed E-state index contributed by atoms with van der Waals surface area (Å²) in [5.41, 5.74) is 0.883. The average molecular weight is 319 g/mol. The molecule has 0 spiro atoms. The summed E-state index contributed by atoms with van der Waals surface area (Å²) >= 11 is 3.06. The molecule has 0 atom stereocenters. The lowest BCUT2D eigenvalue weighted by molar-refractivity contribution is -0.138. The average Bonchev–Trinajstić information content (AvgIpc) is 2.74. The number of halogens is 4. The van der Waals surface area contributed by atoms with Crippen LogP contribution in [0, 0.1) is 6.92 Å². The molecule has 0 bridgehead atoms. The molecule has 1 aromatic carbocycles. The number of aryl methyl sites for hydroxylation is 1. The molecule has 0 N–H and O–H groups in total. The highest BCUT2D eigenvalue weighted by Gasteiger charge is 2.33. The Balaban J connectivity index is 2.52. The van der Waals surface area contributed by atoms with Crippen LogP contribution in [0.5, 0.6) is 0 Å². The number of aromatic nitrogens is 2. The van der Waals surface area contributed by atoms with Crippen LogP contribution >= 0.6 is 15.9 Å². The third-order valence-corrected chi connectivity index (χ3v) is 3.12. The van der Waals surface area contributed by atoms with Gasteiger partial charge in [0, 0.05) is 11.5 Å². The second-order valence-corrected chi connectivity index (χ2v) is 4.50. The monoisotopic (exact) mass is 318 g/mol. The van der Waals surface area contributed by atoms with Crippen molar-refractivity contribution in [1.82, 2.24) is 9.78 Å². The predicted molar refractivity (Wildman–Crippen MR) is 65.9 cm³/mol. The fourth-order valence-electron chi connectivity index (χ4n) is 1.64. The highest BCUT2D eigenvalue weighted by atomic mass is 79.9. The van der Waals surface area contributed by atoms with E-state index in [4.69, 9.17) is 0 Å². The summed E-state index contributed by atoms with van der Waals surface area (Å²) in [5.74, 6) is 0. The minimum Gasteiger partial charge on any atom is -0.241 e. The second kappa shape index (κ2) is 4.76.